The Morgan fingerprint density at radius 2 is 1.93 bits per heavy atom. The fraction of sp³-hybridized carbons (Fsp3) is 0.429. The normalized spacial score (nSPS) is 9.67. The lowest BCUT2D eigenvalue weighted by molar-refractivity contribution is 1.10. The van der Waals surface area contributed by atoms with Gasteiger partial charge in [0, 0.05) is 16.5 Å². The summed E-state index contributed by atoms with van der Waals surface area (Å²) in [6.45, 7) is 8.54. The average molecular weight is 265 g/mol. The molecule has 1 rings (SSSR count). The number of hydrogen-bond acceptors (Lipinski definition) is 0. The minimum Gasteiger partial charge on any atom is -0.0982 e. The lowest BCUT2D eigenvalue weighted by Gasteiger charge is -2.11. The van der Waals surface area contributed by atoms with Gasteiger partial charge >= 0.3 is 0 Å². The molecule has 0 amide bonds. The molecule has 0 aromatic heterocycles. The fourth-order valence-corrected chi connectivity index (χ4v) is 2.44. The Morgan fingerprint density at radius 1 is 1.27 bits per heavy atom. The zero-order chi connectivity index (χ0) is 11.4. The van der Waals surface area contributed by atoms with E-state index >= 15 is 0 Å². The van der Waals surface area contributed by atoms with Gasteiger partial charge in [0.1, 0.15) is 0 Å². The van der Waals surface area contributed by atoms with Gasteiger partial charge in [0.05, 0.1) is 0 Å². The molecule has 0 atom stereocenters. The average Bonchev–Trinajstić information content (AvgIpc) is 2.21. The summed E-state index contributed by atoms with van der Waals surface area (Å²) in [6.07, 6.45) is 1.93. The first kappa shape index (κ1) is 12.3. The molecule has 0 bridgehead atoms. The Morgan fingerprint density at radius 3 is 2.47 bits per heavy atom. The maximum Gasteiger partial charge on any atom is 0.0320 e. The first-order valence-electron chi connectivity index (χ1n) is 5.39. The molecule has 80 valence electrons. The predicted molar refractivity (Wildman–Crippen MR) is 70.2 cm³/mol. The zero-order valence-electron chi connectivity index (χ0n) is 9.87. The third-order valence-electron chi connectivity index (χ3n) is 2.64. The van der Waals surface area contributed by atoms with Crippen LogP contribution in [-0.4, -0.2) is 0 Å². The van der Waals surface area contributed by atoms with Gasteiger partial charge in [-0.15, -0.1) is 0 Å². The highest BCUT2D eigenvalue weighted by Gasteiger charge is 2.08. The van der Waals surface area contributed by atoms with Gasteiger partial charge in [0.25, 0.3) is 0 Å². The van der Waals surface area contributed by atoms with Crippen molar-refractivity contribution >= 4 is 15.9 Å². The third kappa shape index (κ3) is 2.63. The molecule has 0 spiro atoms. The summed E-state index contributed by atoms with van der Waals surface area (Å²) < 4.78 is 1.19. The summed E-state index contributed by atoms with van der Waals surface area (Å²) in [5.74, 6) is 6.45. The van der Waals surface area contributed by atoms with Crippen LogP contribution >= 0.6 is 15.9 Å². The van der Waals surface area contributed by atoms with E-state index in [1.165, 1.54) is 26.7 Å². The Bertz CT molecular complexity index is 419. The van der Waals surface area contributed by atoms with Crippen molar-refractivity contribution in [3.05, 3.63) is 32.8 Å². The van der Waals surface area contributed by atoms with Gasteiger partial charge in [-0.1, -0.05) is 41.6 Å². The first-order valence-corrected chi connectivity index (χ1v) is 6.18. The van der Waals surface area contributed by atoms with Gasteiger partial charge in [-0.25, -0.2) is 0 Å². The summed E-state index contributed by atoms with van der Waals surface area (Å²) in [4.78, 5) is 0. The largest absolute Gasteiger partial charge is 0.0982 e. The second-order valence-electron chi connectivity index (χ2n) is 3.66. The summed E-state index contributed by atoms with van der Waals surface area (Å²) in [5.41, 5.74) is 5.17. The molecule has 0 nitrogen and oxygen atoms in total. The van der Waals surface area contributed by atoms with Gasteiger partial charge in [-0.2, -0.15) is 0 Å². The fourth-order valence-electron chi connectivity index (χ4n) is 1.62. The van der Waals surface area contributed by atoms with Crippen molar-refractivity contribution in [2.45, 2.75) is 40.5 Å². The number of halogens is 1. The van der Waals surface area contributed by atoms with E-state index in [0.717, 1.165) is 12.8 Å². The second-order valence-corrected chi connectivity index (χ2v) is 4.52. The number of hydrogen-bond donors (Lipinski definition) is 0. The van der Waals surface area contributed by atoms with Crippen molar-refractivity contribution in [1.29, 1.82) is 0 Å². The van der Waals surface area contributed by atoms with Crippen molar-refractivity contribution in [3.63, 3.8) is 0 Å². The minimum atomic E-state index is 0.911. The summed E-state index contributed by atoms with van der Waals surface area (Å²) in [7, 11) is 0. The van der Waals surface area contributed by atoms with E-state index in [4.69, 9.17) is 0 Å². The Balaban J connectivity index is 3.43. The SMILES string of the molecule is CCC#Cc1c(C)c(C)cc(Br)c1CC. The Hall–Kier alpha value is -0.740. The highest BCUT2D eigenvalue weighted by Crippen LogP contribution is 2.26. The molecule has 0 unspecified atom stereocenters. The molecule has 0 radical (unpaired) electrons. The molecule has 0 N–H and O–H groups in total. The van der Waals surface area contributed by atoms with Crippen molar-refractivity contribution < 1.29 is 0 Å². The quantitative estimate of drug-likeness (QED) is 0.660. The lowest BCUT2D eigenvalue weighted by atomic mass is 9.96. The van der Waals surface area contributed by atoms with Gasteiger partial charge in [0.15, 0.2) is 0 Å². The van der Waals surface area contributed by atoms with Crippen LogP contribution in [0.1, 0.15) is 42.5 Å². The lowest BCUT2D eigenvalue weighted by Crippen LogP contribution is -1.96. The van der Waals surface area contributed by atoms with E-state index in [1.54, 1.807) is 0 Å². The zero-order valence-corrected chi connectivity index (χ0v) is 11.5. The topological polar surface area (TPSA) is 0 Å². The van der Waals surface area contributed by atoms with Crippen LogP contribution in [0.5, 0.6) is 0 Å². The van der Waals surface area contributed by atoms with Crippen LogP contribution < -0.4 is 0 Å². The molecular formula is C14H17Br. The maximum atomic E-state index is 3.62. The third-order valence-corrected chi connectivity index (χ3v) is 3.35. The van der Waals surface area contributed by atoms with Crippen LogP contribution in [0.3, 0.4) is 0 Å². The molecule has 0 aliphatic rings. The maximum absolute atomic E-state index is 3.62. The molecule has 1 aromatic rings. The van der Waals surface area contributed by atoms with Crippen molar-refractivity contribution in [2.24, 2.45) is 0 Å². The highest BCUT2D eigenvalue weighted by atomic mass is 79.9. The molecule has 0 aliphatic heterocycles. The molecule has 0 saturated heterocycles. The minimum absolute atomic E-state index is 0.911. The van der Waals surface area contributed by atoms with Crippen LogP contribution in [-0.2, 0) is 6.42 Å². The van der Waals surface area contributed by atoms with E-state index in [-0.39, 0.29) is 0 Å². The molecular weight excluding hydrogens is 248 g/mol. The smallest absolute Gasteiger partial charge is 0.0320 e. The molecule has 0 fully saturated rings. The van der Waals surface area contributed by atoms with Crippen LogP contribution in [0.2, 0.25) is 0 Å². The van der Waals surface area contributed by atoms with Crippen LogP contribution in [0, 0.1) is 25.7 Å². The van der Waals surface area contributed by atoms with Crippen LogP contribution in [0.4, 0.5) is 0 Å². The summed E-state index contributed by atoms with van der Waals surface area (Å²) >= 11 is 3.62. The van der Waals surface area contributed by atoms with Crippen LogP contribution in [0.15, 0.2) is 10.5 Å². The second kappa shape index (κ2) is 5.37. The summed E-state index contributed by atoms with van der Waals surface area (Å²) in [5, 5.41) is 0. The highest BCUT2D eigenvalue weighted by molar-refractivity contribution is 9.10. The molecule has 0 heterocycles. The molecule has 0 aliphatic carbocycles. The van der Waals surface area contributed by atoms with Crippen molar-refractivity contribution in [3.8, 4) is 11.8 Å². The van der Waals surface area contributed by atoms with Gasteiger partial charge in [-0.05, 0) is 43.0 Å². The van der Waals surface area contributed by atoms with Gasteiger partial charge in [-0.3, -0.25) is 0 Å². The Kier molecular flexibility index (Phi) is 4.42. The van der Waals surface area contributed by atoms with E-state index in [9.17, 15) is 0 Å². The molecule has 1 aromatic carbocycles. The van der Waals surface area contributed by atoms with E-state index in [2.05, 4.69) is 61.5 Å². The van der Waals surface area contributed by atoms with E-state index in [0.29, 0.717) is 0 Å². The molecule has 0 saturated carbocycles. The Labute approximate surface area is 101 Å². The number of benzene rings is 1. The van der Waals surface area contributed by atoms with E-state index < -0.39 is 0 Å². The molecule has 1 heteroatoms. The number of rotatable bonds is 1. The number of aryl methyl sites for hydroxylation is 1. The van der Waals surface area contributed by atoms with E-state index in [1.807, 2.05) is 0 Å². The molecule has 15 heavy (non-hydrogen) atoms. The summed E-state index contributed by atoms with van der Waals surface area (Å²) in [6, 6.07) is 2.19. The van der Waals surface area contributed by atoms with Crippen molar-refractivity contribution in [1.82, 2.24) is 0 Å². The first-order chi connectivity index (χ1) is 7.11. The van der Waals surface area contributed by atoms with Gasteiger partial charge in [0.2, 0.25) is 0 Å². The monoisotopic (exact) mass is 264 g/mol. The van der Waals surface area contributed by atoms with Gasteiger partial charge < -0.3 is 0 Å². The van der Waals surface area contributed by atoms with Crippen LogP contribution in [0.25, 0.3) is 0 Å². The standard InChI is InChI=1S/C14H17Br/c1-5-7-8-13-11(4)10(3)9-14(15)12(13)6-2/h9H,5-6H2,1-4H3. The predicted octanol–water partition coefficient (Wildman–Crippen LogP) is 4.39. The van der Waals surface area contributed by atoms with Crippen molar-refractivity contribution in [2.75, 3.05) is 0 Å².